The fourth-order valence-corrected chi connectivity index (χ4v) is 3.84. The lowest BCUT2D eigenvalue weighted by atomic mass is 10.2. The maximum Gasteiger partial charge on any atom is 0.435 e. The van der Waals surface area contributed by atoms with Gasteiger partial charge in [-0.25, -0.2) is 15.0 Å². The molecule has 4 N–H and O–H groups in total. The van der Waals surface area contributed by atoms with Crippen LogP contribution in [0.3, 0.4) is 0 Å². The minimum atomic E-state index is -4.60. The van der Waals surface area contributed by atoms with Crippen molar-refractivity contribution in [2.24, 2.45) is 5.73 Å². The SMILES string of the molecule is CCc1cnc(/C=C(\N)CN2CCN(c3ccc(-c4ncc[nH]4)nc3C(F)(F)F)CC2)[nH]c1=O. The highest BCUT2D eigenvalue weighted by molar-refractivity contribution is 5.59. The van der Waals surface area contributed by atoms with E-state index >= 15 is 0 Å². The van der Waals surface area contributed by atoms with Crippen LogP contribution in [0.15, 0.2) is 41.2 Å². The average molecular weight is 474 g/mol. The Hall–Kier alpha value is -3.67. The average Bonchev–Trinajstić information content (AvgIpc) is 3.34. The number of aromatic amines is 2. The summed E-state index contributed by atoms with van der Waals surface area (Å²) in [6.07, 6.45) is 2.12. The maximum atomic E-state index is 13.8. The molecule has 0 aromatic carbocycles. The summed E-state index contributed by atoms with van der Waals surface area (Å²) < 4.78 is 41.3. The summed E-state index contributed by atoms with van der Waals surface area (Å²) in [5.41, 5.74) is 6.27. The molecule has 1 aliphatic heterocycles. The summed E-state index contributed by atoms with van der Waals surface area (Å²) in [5, 5.41) is 0. The quantitative estimate of drug-likeness (QED) is 0.501. The number of nitrogens with one attached hydrogen (secondary N) is 2. The number of hydrogen-bond donors (Lipinski definition) is 3. The number of rotatable bonds is 6. The van der Waals surface area contributed by atoms with Gasteiger partial charge in [0.05, 0.1) is 5.69 Å². The van der Waals surface area contributed by atoms with Crippen molar-refractivity contribution < 1.29 is 13.2 Å². The van der Waals surface area contributed by atoms with Crippen LogP contribution in [-0.2, 0) is 12.6 Å². The number of aromatic nitrogens is 5. The molecule has 0 spiro atoms. The smallest absolute Gasteiger partial charge is 0.401 e. The van der Waals surface area contributed by atoms with Gasteiger partial charge in [-0.05, 0) is 18.6 Å². The maximum absolute atomic E-state index is 13.8. The van der Waals surface area contributed by atoms with E-state index in [1.54, 1.807) is 11.0 Å². The fraction of sp³-hybridized carbons (Fsp3) is 0.364. The number of alkyl halides is 3. The van der Waals surface area contributed by atoms with Crippen LogP contribution < -0.4 is 16.2 Å². The zero-order valence-electron chi connectivity index (χ0n) is 18.6. The van der Waals surface area contributed by atoms with E-state index in [-0.39, 0.29) is 22.8 Å². The molecule has 1 aliphatic rings. The van der Waals surface area contributed by atoms with Gasteiger partial charge in [-0.1, -0.05) is 6.92 Å². The van der Waals surface area contributed by atoms with Gasteiger partial charge in [0.1, 0.15) is 11.5 Å². The molecule has 0 atom stereocenters. The van der Waals surface area contributed by atoms with E-state index in [0.717, 1.165) is 0 Å². The highest BCUT2D eigenvalue weighted by Crippen LogP contribution is 2.36. The Bertz CT molecular complexity index is 1210. The largest absolute Gasteiger partial charge is 0.435 e. The van der Waals surface area contributed by atoms with Crippen molar-refractivity contribution in [3.63, 3.8) is 0 Å². The van der Waals surface area contributed by atoms with Gasteiger partial charge in [-0.3, -0.25) is 9.69 Å². The predicted molar refractivity (Wildman–Crippen MR) is 122 cm³/mol. The summed E-state index contributed by atoms with van der Waals surface area (Å²) in [6, 6.07) is 2.98. The zero-order chi connectivity index (χ0) is 24.3. The van der Waals surface area contributed by atoms with E-state index in [2.05, 4.69) is 24.9 Å². The van der Waals surface area contributed by atoms with Crippen LogP contribution in [0.2, 0.25) is 0 Å². The minimum absolute atomic E-state index is 0.0451. The van der Waals surface area contributed by atoms with Crippen LogP contribution in [-0.4, -0.2) is 62.5 Å². The van der Waals surface area contributed by atoms with Crippen LogP contribution in [0.1, 0.15) is 24.0 Å². The normalized spacial score (nSPS) is 15.6. The first kappa shape index (κ1) is 23.5. The highest BCUT2D eigenvalue weighted by atomic mass is 19.4. The van der Waals surface area contributed by atoms with Gasteiger partial charge in [0.15, 0.2) is 11.5 Å². The molecule has 180 valence electrons. The number of imidazole rings is 1. The van der Waals surface area contributed by atoms with E-state index in [9.17, 15) is 18.0 Å². The number of H-pyrrole nitrogens is 2. The molecule has 0 aliphatic carbocycles. The third-order valence-corrected chi connectivity index (χ3v) is 5.60. The van der Waals surface area contributed by atoms with Gasteiger partial charge in [0.2, 0.25) is 0 Å². The van der Waals surface area contributed by atoms with Crippen LogP contribution in [0.4, 0.5) is 18.9 Å². The molecule has 0 saturated carbocycles. The molecule has 0 bridgehead atoms. The summed E-state index contributed by atoms with van der Waals surface area (Å²) in [6.45, 7) is 4.09. The molecule has 0 unspecified atom stereocenters. The number of hydrogen-bond acceptors (Lipinski definition) is 7. The van der Waals surface area contributed by atoms with Crippen LogP contribution in [0.5, 0.6) is 0 Å². The molecular formula is C22H25F3N8O. The minimum Gasteiger partial charge on any atom is -0.401 e. The number of piperazine rings is 1. The number of halogens is 3. The van der Waals surface area contributed by atoms with Gasteiger partial charge in [-0.15, -0.1) is 0 Å². The summed E-state index contributed by atoms with van der Waals surface area (Å²) >= 11 is 0. The van der Waals surface area contributed by atoms with Crippen molar-refractivity contribution in [2.45, 2.75) is 19.5 Å². The van der Waals surface area contributed by atoms with Crippen molar-refractivity contribution in [3.8, 4) is 11.5 Å². The molecule has 3 aromatic rings. The zero-order valence-corrected chi connectivity index (χ0v) is 18.6. The number of anilines is 1. The lowest BCUT2D eigenvalue weighted by Crippen LogP contribution is -2.48. The van der Waals surface area contributed by atoms with Gasteiger partial charge in [-0.2, -0.15) is 13.2 Å². The summed E-state index contributed by atoms with van der Waals surface area (Å²) in [5.74, 6) is 0.653. The Morgan fingerprint density at radius 3 is 2.59 bits per heavy atom. The van der Waals surface area contributed by atoms with Crippen LogP contribution in [0, 0.1) is 0 Å². The second-order valence-electron chi connectivity index (χ2n) is 7.96. The van der Waals surface area contributed by atoms with Crippen LogP contribution >= 0.6 is 0 Å². The van der Waals surface area contributed by atoms with Crippen molar-refractivity contribution in [3.05, 3.63) is 63.9 Å². The molecule has 4 rings (SSSR count). The number of pyridine rings is 1. The standard InChI is InChI=1S/C22H25F3N8O/c1-2-14-12-29-18(31-21(14)34)11-15(26)13-32-7-9-33(10-8-32)17-4-3-16(20-27-5-6-28-20)30-19(17)22(23,24)25/h3-6,11-12H,2,7-10,13,26H2,1H3,(H,27,28)(H,29,31,34)/b15-11-. The molecule has 3 aromatic heterocycles. The third kappa shape index (κ3) is 5.28. The van der Waals surface area contributed by atoms with Gasteiger partial charge in [0, 0.05) is 68.7 Å². The molecule has 9 nitrogen and oxygen atoms in total. The monoisotopic (exact) mass is 474 g/mol. The Labute approximate surface area is 193 Å². The van der Waals surface area contributed by atoms with Crippen molar-refractivity contribution in [1.29, 1.82) is 0 Å². The van der Waals surface area contributed by atoms with Gasteiger partial charge >= 0.3 is 6.18 Å². The van der Waals surface area contributed by atoms with E-state index in [4.69, 9.17) is 5.73 Å². The molecular weight excluding hydrogens is 449 g/mol. The lowest BCUT2D eigenvalue weighted by molar-refractivity contribution is -0.140. The first-order valence-corrected chi connectivity index (χ1v) is 10.8. The van der Waals surface area contributed by atoms with Crippen LogP contribution in [0.25, 0.3) is 17.6 Å². The molecule has 1 saturated heterocycles. The first-order chi connectivity index (χ1) is 16.2. The first-order valence-electron chi connectivity index (χ1n) is 10.8. The second kappa shape index (κ2) is 9.67. The second-order valence-corrected chi connectivity index (χ2v) is 7.96. The molecule has 34 heavy (non-hydrogen) atoms. The van der Waals surface area contributed by atoms with Crippen molar-refractivity contribution in [2.75, 3.05) is 37.6 Å². The predicted octanol–water partition coefficient (Wildman–Crippen LogP) is 2.26. The van der Waals surface area contributed by atoms with E-state index in [1.807, 2.05) is 11.8 Å². The Kier molecular flexibility index (Phi) is 6.68. The number of aryl methyl sites for hydroxylation is 1. The Balaban J connectivity index is 1.43. The molecule has 0 radical (unpaired) electrons. The number of nitrogens with two attached hydrogens (primary N) is 1. The highest BCUT2D eigenvalue weighted by Gasteiger charge is 2.38. The Morgan fingerprint density at radius 2 is 1.97 bits per heavy atom. The van der Waals surface area contributed by atoms with Gasteiger partial charge in [0.25, 0.3) is 5.56 Å². The summed E-state index contributed by atoms with van der Waals surface area (Å²) in [4.78, 5) is 33.2. The summed E-state index contributed by atoms with van der Waals surface area (Å²) in [7, 11) is 0. The Morgan fingerprint density at radius 1 is 1.21 bits per heavy atom. The lowest BCUT2D eigenvalue weighted by Gasteiger charge is -2.37. The molecule has 0 amide bonds. The fourth-order valence-electron chi connectivity index (χ4n) is 3.84. The third-order valence-electron chi connectivity index (χ3n) is 5.60. The topological polar surface area (TPSA) is 120 Å². The van der Waals surface area contributed by atoms with Crippen molar-refractivity contribution in [1.82, 2.24) is 29.8 Å². The number of nitrogens with zero attached hydrogens (tertiary/aromatic N) is 5. The van der Waals surface area contributed by atoms with Gasteiger partial charge < -0.3 is 20.6 Å². The molecule has 4 heterocycles. The van der Waals surface area contributed by atoms with E-state index in [0.29, 0.717) is 56.2 Å². The van der Waals surface area contributed by atoms with Crippen molar-refractivity contribution >= 4 is 11.8 Å². The van der Waals surface area contributed by atoms with E-state index in [1.165, 1.54) is 30.7 Å². The van der Waals surface area contributed by atoms with E-state index < -0.39 is 11.9 Å². The molecule has 12 heteroatoms. The molecule has 1 fully saturated rings.